The molecule has 0 fully saturated rings. The molecular weight excluding hydrogens is 807 g/mol. The van der Waals surface area contributed by atoms with E-state index in [0.29, 0.717) is 0 Å². The summed E-state index contributed by atoms with van der Waals surface area (Å²) < 4.78 is 1.01. The molecule has 3 aromatic heterocycles. The summed E-state index contributed by atoms with van der Waals surface area (Å²) in [5.74, 6) is 0. The second kappa shape index (κ2) is 17.0. The first-order valence-corrected chi connectivity index (χ1v) is 21.1. The van der Waals surface area contributed by atoms with E-state index in [1.165, 1.54) is 0 Å². The van der Waals surface area contributed by atoms with Crippen LogP contribution in [0.5, 0.6) is 0 Å². The Morgan fingerprint density at radius 3 is 0.918 bits per heavy atom. The molecule has 0 saturated heterocycles. The van der Waals surface area contributed by atoms with Crippen molar-refractivity contribution in [2.45, 2.75) is 0 Å². The molecule has 0 aliphatic carbocycles. The van der Waals surface area contributed by atoms with Crippen LogP contribution in [0.25, 0.3) is 101 Å². The van der Waals surface area contributed by atoms with Crippen molar-refractivity contribution in [3.8, 4) is 101 Å². The average Bonchev–Trinajstić information content (AvgIpc) is 3.35. The van der Waals surface area contributed by atoms with Gasteiger partial charge in [0.15, 0.2) is 0 Å². The topological polar surface area (TPSA) is 38.7 Å². The molecule has 0 aliphatic heterocycles. The molecule has 0 radical (unpaired) electrons. The second-order valence-electron chi connectivity index (χ2n) is 14.9. The highest BCUT2D eigenvalue weighted by atomic mass is 79.9. The monoisotopic (exact) mass is 843 g/mol. The van der Waals surface area contributed by atoms with Crippen molar-refractivity contribution in [1.82, 2.24) is 15.0 Å². The number of rotatable bonds is 9. The van der Waals surface area contributed by atoms with Crippen molar-refractivity contribution < 1.29 is 0 Å². The van der Waals surface area contributed by atoms with Crippen LogP contribution in [0.2, 0.25) is 0 Å². The Hall–Kier alpha value is -7.53. The highest BCUT2D eigenvalue weighted by Gasteiger charge is 2.17. The summed E-state index contributed by atoms with van der Waals surface area (Å²) in [6.07, 6.45) is 5.51. The highest BCUT2D eigenvalue weighted by molar-refractivity contribution is 9.10. The standard InChI is InChI=1S/C57H38BrN3/c58-54-38-43(57-21-9-12-34-61-57)30-31-53(54)52-18-6-5-17-51(52)46-36-44(49-15-3-1-13-47(49)39-22-26-41(27-23-39)55-19-7-10-32-59-55)35-45(37-46)50-16-4-2-14-48(50)40-24-28-42(29-25-40)56-20-8-11-33-60-56/h1-38H. The first-order chi connectivity index (χ1) is 30.2. The van der Waals surface area contributed by atoms with Crippen LogP contribution >= 0.6 is 15.9 Å². The van der Waals surface area contributed by atoms with Crippen LogP contribution in [-0.2, 0) is 0 Å². The van der Waals surface area contributed by atoms with Crippen molar-refractivity contribution in [2.75, 3.05) is 0 Å². The molecule has 10 rings (SSSR count). The van der Waals surface area contributed by atoms with Gasteiger partial charge in [0.2, 0.25) is 0 Å². The molecule has 3 nitrogen and oxygen atoms in total. The predicted octanol–water partition coefficient (Wildman–Crippen LogP) is 15.6. The molecule has 10 aromatic rings. The molecule has 0 atom stereocenters. The summed E-state index contributed by atoms with van der Waals surface area (Å²) in [5.41, 5.74) is 19.8. The van der Waals surface area contributed by atoms with Crippen LogP contribution in [0.15, 0.2) is 235 Å². The number of benzene rings is 7. The molecule has 0 amide bonds. The van der Waals surface area contributed by atoms with Crippen LogP contribution in [-0.4, -0.2) is 15.0 Å². The van der Waals surface area contributed by atoms with Crippen LogP contribution in [0.4, 0.5) is 0 Å². The lowest BCUT2D eigenvalue weighted by Gasteiger charge is -2.18. The molecule has 0 spiro atoms. The Morgan fingerprint density at radius 2 is 0.541 bits per heavy atom. The maximum atomic E-state index is 4.60. The summed E-state index contributed by atoms with van der Waals surface area (Å²) in [6, 6.07) is 75.3. The van der Waals surface area contributed by atoms with Crippen LogP contribution < -0.4 is 0 Å². The zero-order valence-corrected chi connectivity index (χ0v) is 34.7. The average molecular weight is 845 g/mol. The van der Waals surface area contributed by atoms with Crippen molar-refractivity contribution in [3.05, 3.63) is 235 Å². The molecule has 7 aromatic carbocycles. The van der Waals surface area contributed by atoms with Gasteiger partial charge in [-0.05, 0) is 127 Å². The first kappa shape index (κ1) is 37.7. The van der Waals surface area contributed by atoms with Gasteiger partial charge in [0, 0.05) is 39.8 Å². The SMILES string of the molecule is Brc1cc(-c2ccccn2)ccc1-c1ccccc1-c1cc(-c2ccccc2-c2ccc(-c3ccccn3)cc2)cc(-c2ccccc2-c2ccc(-c3ccccn3)cc2)c1. The number of halogens is 1. The normalized spacial score (nSPS) is 11.0. The summed E-state index contributed by atoms with van der Waals surface area (Å²) in [4.78, 5) is 13.8. The van der Waals surface area contributed by atoms with Gasteiger partial charge >= 0.3 is 0 Å². The molecule has 0 N–H and O–H groups in total. The zero-order valence-electron chi connectivity index (χ0n) is 33.2. The third kappa shape index (κ3) is 7.85. The Labute approximate surface area is 364 Å². The van der Waals surface area contributed by atoms with E-state index >= 15 is 0 Å². The third-order valence-corrected chi connectivity index (χ3v) is 11.8. The van der Waals surface area contributed by atoms with Gasteiger partial charge in [0.05, 0.1) is 17.1 Å². The van der Waals surface area contributed by atoms with Crippen molar-refractivity contribution in [1.29, 1.82) is 0 Å². The lowest BCUT2D eigenvalue weighted by atomic mass is 9.86. The molecule has 4 heteroatoms. The van der Waals surface area contributed by atoms with E-state index in [2.05, 4.69) is 189 Å². The Kier molecular flexibility index (Phi) is 10.5. The number of pyridine rings is 3. The van der Waals surface area contributed by atoms with Crippen molar-refractivity contribution in [2.24, 2.45) is 0 Å². The summed E-state index contributed by atoms with van der Waals surface area (Å²) in [7, 11) is 0. The minimum Gasteiger partial charge on any atom is -0.256 e. The fourth-order valence-electron chi connectivity index (χ4n) is 8.17. The molecule has 0 aliphatic rings. The summed E-state index contributed by atoms with van der Waals surface area (Å²) in [5, 5.41) is 0. The lowest BCUT2D eigenvalue weighted by Crippen LogP contribution is -1.93. The Morgan fingerprint density at radius 1 is 0.230 bits per heavy atom. The van der Waals surface area contributed by atoms with Gasteiger partial charge in [-0.1, -0.05) is 168 Å². The Bertz CT molecular complexity index is 2970. The zero-order chi connectivity index (χ0) is 41.0. The van der Waals surface area contributed by atoms with Crippen LogP contribution in [0.3, 0.4) is 0 Å². The third-order valence-electron chi connectivity index (χ3n) is 11.2. The summed E-state index contributed by atoms with van der Waals surface area (Å²) >= 11 is 3.97. The Balaban J connectivity index is 1.13. The first-order valence-electron chi connectivity index (χ1n) is 20.3. The highest BCUT2D eigenvalue weighted by Crippen LogP contribution is 2.44. The van der Waals surface area contributed by atoms with E-state index in [1.807, 2.05) is 73.2 Å². The second-order valence-corrected chi connectivity index (χ2v) is 15.8. The van der Waals surface area contributed by atoms with E-state index in [1.54, 1.807) is 0 Å². The number of hydrogen-bond donors (Lipinski definition) is 0. The van der Waals surface area contributed by atoms with Gasteiger partial charge in [0.1, 0.15) is 0 Å². The van der Waals surface area contributed by atoms with E-state index < -0.39 is 0 Å². The lowest BCUT2D eigenvalue weighted by molar-refractivity contribution is 1.32. The van der Waals surface area contributed by atoms with E-state index in [-0.39, 0.29) is 0 Å². The molecule has 0 saturated carbocycles. The van der Waals surface area contributed by atoms with Crippen molar-refractivity contribution >= 4 is 15.9 Å². The van der Waals surface area contributed by atoms with Gasteiger partial charge in [-0.3, -0.25) is 15.0 Å². The number of nitrogens with zero attached hydrogens (tertiary/aromatic N) is 3. The summed E-state index contributed by atoms with van der Waals surface area (Å²) in [6.45, 7) is 0. The predicted molar refractivity (Wildman–Crippen MR) is 256 cm³/mol. The molecule has 61 heavy (non-hydrogen) atoms. The number of hydrogen-bond acceptors (Lipinski definition) is 3. The fourth-order valence-corrected chi connectivity index (χ4v) is 8.76. The van der Waals surface area contributed by atoms with Gasteiger partial charge < -0.3 is 0 Å². The van der Waals surface area contributed by atoms with Crippen molar-refractivity contribution in [3.63, 3.8) is 0 Å². The number of aromatic nitrogens is 3. The maximum absolute atomic E-state index is 4.60. The van der Waals surface area contributed by atoms with Gasteiger partial charge in [0.25, 0.3) is 0 Å². The minimum absolute atomic E-state index is 0.940. The van der Waals surface area contributed by atoms with Gasteiger partial charge in [-0.25, -0.2) is 0 Å². The molecule has 3 heterocycles. The van der Waals surface area contributed by atoms with Crippen LogP contribution in [0.1, 0.15) is 0 Å². The molecule has 288 valence electrons. The van der Waals surface area contributed by atoms with E-state index in [4.69, 9.17) is 0 Å². The van der Waals surface area contributed by atoms with E-state index in [0.717, 1.165) is 105 Å². The smallest absolute Gasteiger partial charge is 0.0702 e. The quantitative estimate of drug-likeness (QED) is 0.145. The largest absolute Gasteiger partial charge is 0.256 e. The van der Waals surface area contributed by atoms with E-state index in [9.17, 15) is 0 Å². The van der Waals surface area contributed by atoms with Gasteiger partial charge in [-0.2, -0.15) is 0 Å². The minimum atomic E-state index is 0.940. The maximum Gasteiger partial charge on any atom is 0.0702 e. The molecule has 0 bridgehead atoms. The van der Waals surface area contributed by atoms with Gasteiger partial charge in [-0.15, -0.1) is 0 Å². The molecule has 0 unspecified atom stereocenters. The molecular formula is C57H38BrN3. The fraction of sp³-hybridized carbons (Fsp3) is 0. The van der Waals surface area contributed by atoms with Crippen LogP contribution in [0, 0.1) is 0 Å².